The highest BCUT2D eigenvalue weighted by molar-refractivity contribution is 5.82. The number of fused-ring (bicyclic) bond motifs is 1. The number of rotatable bonds is 5. The molecule has 0 unspecified atom stereocenters. The number of aromatic nitrogens is 2. The van der Waals surface area contributed by atoms with Crippen molar-refractivity contribution in [3.05, 3.63) is 76.8 Å². The Bertz CT molecular complexity index is 1350. The maximum atomic E-state index is 13.3. The highest BCUT2D eigenvalue weighted by Crippen LogP contribution is 2.50. The number of aliphatic hydroxyl groups is 1. The molecule has 0 amide bonds. The number of hydrogen-bond acceptors (Lipinski definition) is 3. The summed E-state index contributed by atoms with van der Waals surface area (Å²) in [6, 6.07) is 11.7. The molecule has 0 spiro atoms. The van der Waals surface area contributed by atoms with Gasteiger partial charge >= 0.3 is 12.4 Å². The fourth-order valence-electron chi connectivity index (χ4n) is 4.06. The van der Waals surface area contributed by atoms with Crippen LogP contribution in [0.5, 0.6) is 0 Å². The number of hydrogen-bond donors (Lipinski definition) is 1. The molecule has 4 rings (SSSR count). The minimum atomic E-state index is -5.94. The van der Waals surface area contributed by atoms with Crippen LogP contribution in [-0.4, -0.2) is 27.0 Å². The van der Waals surface area contributed by atoms with Gasteiger partial charge in [0.2, 0.25) is 5.89 Å². The second-order valence-electron chi connectivity index (χ2n) is 8.42. The van der Waals surface area contributed by atoms with Gasteiger partial charge in [-0.25, -0.2) is 4.98 Å². The van der Waals surface area contributed by atoms with Crippen LogP contribution >= 0.6 is 0 Å². The first kappa shape index (κ1) is 24.8. The van der Waals surface area contributed by atoms with Gasteiger partial charge in [-0.1, -0.05) is 25.1 Å². The molecule has 4 aromatic rings. The molecule has 2 heterocycles. The number of aryl methyl sites for hydroxylation is 3. The molecule has 0 saturated heterocycles. The Labute approximate surface area is 196 Å². The standard InChI is InChI=1S/C25H22F6N2O2/c1-4-16-5-7-17(8-6-16)22-32-20(15(3)35-22)13-33-14(2)11-18-12-19(9-10-21(18)33)23(34,24(26,27)28)25(29,30)31/h5-12,34H,4,13H2,1-3H3. The van der Waals surface area contributed by atoms with Crippen molar-refractivity contribution < 1.29 is 35.9 Å². The Morgan fingerprint density at radius 3 is 2.11 bits per heavy atom. The molecule has 0 fully saturated rings. The van der Waals surface area contributed by atoms with Gasteiger partial charge in [-0.3, -0.25) is 0 Å². The van der Waals surface area contributed by atoms with E-state index in [0.29, 0.717) is 34.6 Å². The van der Waals surface area contributed by atoms with Crippen LogP contribution in [0.3, 0.4) is 0 Å². The summed E-state index contributed by atoms with van der Waals surface area (Å²) in [5.41, 5.74) is -2.76. The van der Waals surface area contributed by atoms with E-state index in [1.165, 1.54) is 6.07 Å². The zero-order valence-electron chi connectivity index (χ0n) is 19.1. The third kappa shape index (κ3) is 4.20. The maximum absolute atomic E-state index is 13.3. The van der Waals surface area contributed by atoms with Crippen molar-refractivity contribution in [3.63, 3.8) is 0 Å². The van der Waals surface area contributed by atoms with E-state index in [1.54, 1.807) is 18.4 Å². The molecule has 4 nitrogen and oxygen atoms in total. The van der Waals surface area contributed by atoms with Crippen LogP contribution < -0.4 is 0 Å². The van der Waals surface area contributed by atoms with Gasteiger partial charge in [-0.15, -0.1) is 0 Å². The number of oxazole rings is 1. The third-order valence-electron chi connectivity index (χ3n) is 6.16. The second kappa shape index (κ2) is 8.44. The van der Waals surface area contributed by atoms with Crippen LogP contribution in [0.25, 0.3) is 22.4 Å². The van der Waals surface area contributed by atoms with Gasteiger partial charge in [-0.05, 0) is 56.2 Å². The van der Waals surface area contributed by atoms with E-state index < -0.39 is 23.5 Å². The average molecular weight is 496 g/mol. The Balaban J connectivity index is 1.72. The molecule has 0 aliphatic heterocycles. The van der Waals surface area contributed by atoms with Crippen LogP contribution in [0.4, 0.5) is 26.3 Å². The number of halogens is 6. The Morgan fingerprint density at radius 1 is 0.914 bits per heavy atom. The largest absolute Gasteiger partial charge is 0.441 e. The van der Waals surface area contributed by atoms with Gasteiger partial charge in [-0.2, -0.15) is 26.3 Å². The lowest BCUT2D eigenvalue weighted by Gasteiger charge is -2.32. The summed E-state index contributed by atoms with van der Waals surface area (Å²) in [6.45, 7) is 5.65. The van der Waals surface area contributed by atoms with E-state index in [0.717, 1.165) is 29.7 Å². The summed E-state index contributed by atoms with van der Waals surface area (Å²) >= 11 is 0. The van der Waals surface area contributed by atoms with Gasteiger partial charge in [0.1, 0.15) is 11.5 Å². The molecule has 35 heavy (non-hydrogen) atoms. The first-order chi connectivity index (χ1) is 16.3. The van der Waals surface area contributed by atoms with Gasteiger partial charge in [0.05, 0.1) is 6.54 Å². The molecule has 10 heteroatoms. The van der Waals surface area contributed by atoms with E-state index in [2.05, 4.69) is 4.98 Å². The molecule has 2 aromatic heterocycles. The van der Waals surface area contributed by atoms with Crippen LogP contribution in [0.1, 0.15) is 35.2 Å². The minimum absolute atomic E-state index is 0.128. The van der Waals surface area contributed by atoms with E-state index in [1.807, 2.05) is 31.2 Å². The summed E-state index contributed by atoms with van der Waals surface area (Å²) < 4.78 is 87.3. The molecule has 2 aromatic carbocycles. The molecule has 0 radical (unpaired) electrons. The zero-order chi connectivity index (χ0) is 25.8. The fraction of sp³-hybridized carbons (Fsp3) is 0.320. The molecule has 0 aliphatic rings. The number of nitrogens with zero attached hydrogens (tertiary/aromatic N) is 2. The van der Waals surface area contributed by atoms with Gasteiger partial charge in [0.25, 0.3) is 5.60 Å². The van der Waals surface area contributed by atoms with Crippen LogP contribution in [0.15, 0.2) is 52.9 Å². The zero-order valence-corrected chi connectivity index (χ0v) is 19.1. The lowest BCUT2D eigenvalue weighted by atomic mass is 9.91. The van der Waals surface area contributed by atoms with E-state index >= 15 is 0 Å². The van der Waals surface area contributed by atoms with Crippen molar-refractivity contribution in [2.75, 3.05) is 0 Å². The Hall–Kier alpha value is -3.27. The highest BCUT2D eigenvalue weighted by Gasteiger charge is 2.71. The molecule has 0 bridgehead atoms. The Kier molecular flexibility index (Phi) is 5.99. The van der Waals surface area contributed by atoms with Crippen molar-refractivity contribution in [3.8, 4) is 11.5 Å². The Morgan fingerprint density at radius 2 is 1.54 bits per heavy atom. The molecule has 0 saturated carbocycles. The first-order valence-electron chi connectivity index (χ1n) is 10.8. The molecule has 1 N–H and O–H groups in total. The van der Waals surface area contributed by atoms with Crippen LogP contribution in [0, 0.1) is 13.8 Å². The van der Waals surface area contributed by atoms with Gasteiger partial charge < -0.3 is 14.1 Å². The quantitative estimate of drug-likeness (QED) is 0.308. The summed E-state index contributed by atoms with van der Waals surface area (Å²) in [4.78, 5) is 4.55. The smallest absolute Gasteiger partial charge is 0.430 e. The van der Waals surface area contributed by atoms with Gasteiger partial charge in [0, 0.05) is 27.7 Å². The molecule has 186 valence electrons. The van der Waals surface area contributed by atoms with Crippen molar-refractivity contribution >= 4 is 10.9 Å². The topological polar surface area (TPSA) is 51.2 Å². The van der Waals surface area contributed by atoms with Crippen molar-refractivity contribution in [1.29, 1.82) is 0 Å². The second-order valence-corrected chi connectivity index (χ2v) is 8.42. The molecular weight excluding hydrogens is 474 g/mol. The fourth-order valence-corrected chi connectivity index (χ4v) is 4.06. The lowest BCUT2D eigenvalue weighted by Crippen LogP contribution is -2.53. The van der Waals surface area contributed by atoms with E-state index in [4.69, 9.17) is 4.42 Å². The SMILES string of the molecule is CCc1ccc(-c2nc(Cn3c(C)cc4cc(C(O)(C(F)(F)F)C(F)(F)F)ccc43)c(C)o2)cc1. The average Bonchev–Trinajstić information content (AvgIpc) is 3.30. The monoisotopic (exact) mass is 496 g/mol. The summed E-state index contributed by atoms with van der Waals surface area (Å²) in [7, 11) is 0. The minimum Gasteiger partial charge on any atom is -0.441 e. The summed E-state index contributed by atoms with van der Waals surface area (Å²) in [5.74, 6) is 0.956. The molecule has 0 atom stereocenters. The number of benzene rings is 2. The van der Waals surface area contributed by atoms with Crippen LogP contribution in [-0.2, 0) is 18.6 Å². The van der Waals surface area contributed by atoms with Crippen molar-refractivity contribution in [1.82, 2.24) is 9.55 Å². The third-order valence-corrected chi connectivity index (χ3v) is 6.16. The predicted molar refractivity (Wildman–Crippen MR) is 118 cm³/mol. The predicted octanol–water partition coefficient (Wildman–Crippen LogP) is 6.84. The summed E-state index contributed by atoms with van der Waals surface area (Å²) in [5, 5.41) is 9.86. The van der Waals surface area contributed by atoms with Crippen LogP contribution in [0.2, 0.25) is 0 Å². The lowest BCUT2D eigenvalue weighted by molar-refractivity contribution is -0.376. The normalized spacial score (nSPS) is 13.1. The first-order valence-corrected chi connectivity index (χ1v) is 10.8. The summed E-state index contributed by atoms with van der Waals surface area (Å²) in [6.07, 6.45) is -11.0. The van der Waals surface area contributed by atoms with Crippen molar-refractivity contribution in [2.45, 2.75) is 51.7 Å². The number of alkyl halides is 6. The maximum Gasteiger partial charge on any atom is 0.430 e. The van der Waals surface area contributed by atoms with Crippen molar-refractivity contribution in [2.24, 2.45) is 0 Å². The molecule has 0 aliphatic carbocycles. The molecular formula is C25H22F6N2O2. The highest BCUT2D eigenvalue weighted by atomic mass is 19.4. The van der Waals surface area contributed by atoms with E-state index in [9.17, 15) is 31.4 Å². The van der Waals surface area contributed by atoms with Gasteiger partial charge in [0.15, 0.2) is 0 Å². The van der Waals surface area contributed by atoms with E-state index in [-0.39, 0.29) is 11.9 Å².